The van der Waals surface area contributed by atoms with E-state index in [1.807, 2.05) is 55.5 Å². The number of aryl methyl sites for hydroxylation is 1. The number of nitrogens with one attached hydrogen (secondary N) is 1. The molecule has 1 amide bonds. The van der Waals surface area contributed by atoms with E-state index < -0.39 is 0 Å². The Hall–Kier alpha value is -3.31. The second kappa shape index (κ2) is 9.67. The van der Waals surface area contributed by atoms with Gasteiger partial charge in [0.05, 0.1) is 12.8 Å². The Morgan fingerprint density at radius 3 is 2.39 bits per heavy atom. The molecular weight excluding hydrogens is 386 g/mol. The van der Waals surface area contributed by atoms with Crippen LogP contribution in [0.2, 0.25) is 0 Å². The Bertz CT molecular complexity index is 1020. The van der Waals surface area contributed by atoms with Gasteiger partial charge in [-0.2, -0.15) is 0 Å². The van der Waals surface area contributed by atoms with Crippen molar-refractivity contribution < 1.29 is 9.53 Å². The molecule has 1 N–H and O–H groups in total. The topological polar surface area (TPSA) is 44.8 Å². The zero-order chi connectivity index (χ0) is 21.6. The van der Waals surface area contributed by atoms with Gasteiger partial charge in [0.25, 0.3) is 5.91 Å². The number of piperazine rings is 1. The Morgan fingerprint density at radius 2 is 1.68 bits per heavy atom. The molecule has 0 spiro atoms. The van der Waals surface area contributed by atoms with Gasteiger partial charge >= 0.3 is 0 Å². The minimum Gasteiger partial charge on any atom is -0.495 e. The second-order valence-corrected chi connectivity index (χ2v) is 7.96. The van der Waals surface area contributed by atoms with E-state index in [0.717, 1.165) is 55.4 Å². The lowest BCUT2D eigenvalue weighted by Crippen LogP contribution is -2.46. The van der Waals surface area contributed by atoms with Gasteiger partial charge in [0.2, 0.25) is 0 Å². The van der Waals surface area contributed by atoms with E-state index in [0.29, 0.717) is 5.56 Å². The van der Waals surface area contributed by atoms with E-state index in [4.69, 9.17) is 4.74 Å². The van der Waals surface area contributed by atoms with Crippen LogP contribution >= 0.6 is 0 Å². The summed E-state index contributed by atoms with van der Waals surface area (Å²) in [4.78, 5) is 17.3. The third-order valence-electron chi connectivity index (χ3n) is 5.70. The van der Waals surface area contributed by atoms with Crippen LogP contribution in [0.3, 0.4) is 0 Å². The molecule has 4 rings (SSSR count). The van der Waals surface area contributed by atoms with E-state index in [1.54, 1.807) is 7.11 Å². The molecule has 0 aromatic heterocycles. The van der Waals surface area contributed by atoms with Crippen LogP contribution in [0.5, 0.6) is 5.75 Å². The molecule has 1 saturated heterocycles. The van der Waals surface area contributed by atoms with Crippen LogP contribution in [0.1, 0.15) is 21.5 Å². The van der Waals surface area contributed by atoms with Crippen molar-refractivity contribution in [3.8, 4) is 5.75 Å². The van der Waals surface area contributed by atoms with Crippen LogP contribution in [0.15, 0.2) is 72.8 Å². The number of methoxy groups -OCH3 is 1. The molecule has 160 valence electrons. The highest BCUT2D eigenvalue weighted by molar-refractivity contribution is 6.04. The molecule has 0 radical (unpaired) electrons. The van der Waals surface area contributed by atoms with Crippen molar-refractivity contribution in [1.29, 1.82) is 0 Å². The van der Waals surface area contributed by atoms with Crippen molar-refractivity contribution in [1.82, 2.24) is 4.90 Å². The minimum absolute atomic E-state index is 0.0810. The zero-order valence-corrected chi connectivity index (χ0v) is 18.2. The molecule has 1 aliphatic heterocycles. The molecule has 3 aromatic rings. The molecule has 0 aliphatic carbocycles. The summed E-state index contributed by atoms with van der Waals surface area (Å²) in [5.41, 5.74) is 5.00. The summed E-state index contributed by atoms with van der Waals surface area (Å²) in [7, 11) is 1.72. The van der Waals surface area contributed by atoms with Crippen LogP contribution in [0.25, 0.3) is 0 Å². The van der Waals surface area contributed by atoms with Gasteiger partial charge in [-0.05, 0) is 54.4 Å². The number of anilines is 2. The fourth-order valence-electron chi connectivity index (χ4n) is 3.98. The average molecular weight is 416 g/mol. The molecule has 5 nitrogen and oxygen atoms in total. The fourth-order valence-corrected chi connectivity index (χ4v) is 3.98. The molecule has 0 unspecified atom stereocenters. The maximum absolute atomic E-state index is 12.5. The molecule has 1 fully saturated rings. The van der Waals surface area contributed by atoms with Crippen LogP contribution in [-0.2, 0) is 6.54 Å². The molecule has 1 aliphatic rings. The molecule has 3 aromatic carbocycles. The fraction of sp³-hybridized carbons (Fsp3) is 0.269. The highest BCUT2D eigenvalue weighted by atomic mass is 16.5. The molecule has 1 heterocycles. The number of para-hydroxylation sites is 2. The number of carbonyl (C=O) groups is 1. The van der Waals surface area contributed by atoms with Crippen molar-refractivity contribution in [3.05, 3.63) is 89.5 Å². The number of hydrogen-bond donors (Lipinski definition) is 1. The summed E-state index contributed by atoms with van der Waals surface area (Å²) in [5, 5.41) is 2.96. The summed E-state index contributed by atoms with van der Waals surface area (Å²) >= 11 is 0. The number of hydrogen-bond acceptors (Lipinski definition) is 4. The van der Waals surface area contributed by atoms with Crippen molar-refractivity contribution in [2.24, 2.45) is 0 Å². The summed E-state index contributed by atoms with van der Waals surface area (Å²) in [5.74, 6) is 0.845. The van der Waals surface area contributed by atoms with Gasteiger partial charge in [0.1, 0.15) is 5.75 Å². The highest BCUT2D eigenvalue weighted by Crippen LogP contribution is 2.28. The van der Waals surface area contributed by atoms with Crippen molar-refractivity contribution >= 4 is 17.3 Å². The molecule has 5 heteroatoms. The molecule has 0 saturated carbocycles. The van der Waals surface area contributed by atoms with Gasteiger partial charge < -0.3 is 15.0 Å². The number of benzene rings is 3. The predicted molar refractivity (Wildman–Crippen MR) is 126 cm³/mol. The first-order chi connectivity index (χ1) is 15.1. The number of rotatable bonds is 6. The Labute approximate surface area is 184 Å². The van der Waals surface area contributed by atoms with Gasteiger partial charge in [-0.25, -0.2) is 0 Å². The van der Waals surface area contributed by atoms with Crippen LogP contribution in [0, 0.1) is 6.92 Å². The molecular formula is C26H29N3O2. The lowest BCUT2D eigenvalue weighted by Gasteiger charge is -2.36. The Morgan fingerprint density at radius 1 is 0.935 bits per heavy atom. The van der Waals surface area contributed by atoms with Crippen molar-refractivity contribution in [2.45, 2.75) is 13.5 Å². The SMILES string of the molecule is COc1ccccc1N1CCN(Cc2ccc(C(=O)Nc3cccc(C)c3)cc2)CC1. The average Bonchev–Trinajstić information content (AvgIpc) is 2.80. The first-order valence-electron chi connectivity index (χ1n) is 10.7. The smallest absolute Gasteiger partial charge is 0.255 e. The third-order valence-corrected chi connectivity index (χ3v) is 5.70. The van der Waals surface area contributed by atoms with E-state index >= 15 is 0 Å². The first-order valence-corrected chi connectivity index (χ1v) is 10.7. The van der Waals surface area contributed by atoms with E-state index in [1.165, 1.54) is 5.56 Å². The molecule has 0 bridgehead atoms. The molecule has 31 heavy (non-hydrogen) atoms. The minimum atomic E-state index is -0.0810. The van der Waals surface area contributed by atoms with Crippen molar-refractivity contribution in [2.75, 3.05) is 43.5 Å². The lowest BCUT2D eigenvalue weighted by molar-refractivity contribution is 0.102. The van der Waals surface area contributed by atoms with Crippen LogP contribution in [-0.4, -0.2) is 44.1 Å². The summed E-state index contributed by atoms with van der Waals surface area (Å²) < 4.78 is 5.51. The highest BCUT2D eigenvalue weighted by Gasteiger charge is 2.19. The zero-order valence-electron chi connectivity index (χ0n) is 18.2. The van der Waals surface area contributed by atoms with Gasteiger partial charge in [-0.1, -0.05) is 36.4 Å². The Kier molecular flexibility index (Phi) is 6.53. The monoisotopic (exact) mass is 415 g/mol. The maximum Gasteiger partial charge on any atom is 0.255 e. The largest absolute Gasteiger partial charge is 0.495 e. The quantitative estimate of drug-likeness (QED) is 0.640. The van der Waals surface area contributed by atoms with Gasteiger partial charge in [-0.3, -0.25) is 9.69 Å². The summed E-state index contributed by atoms with van der Waals surface area (Å²) in [6.45, 7) is 6.83. The predicted octanol–water partition coefficient (Wildman–Crippen LogP) is 4.58. The van der Waals surface area contributed by atoms with E-state index in [2.05, 4.69) is 39.4 Å². The standard InChI is InChI=1S/C26H29N3O2/c1-20-6-5-7-23(18-20)27-26(30)22-12-10-21(11-13-22)19-28-14-16-29(17-15-28)24-8-3-4-9-25(24)31-2/h3-13,18H,14-17,19H2,1-2H3,(H,27,30). The van der Waals surface area contributed by atoms with Gasteiger partial charge in [0, 0.05) is 44.0 Å². The normalized spacial score (nSPS) is 14.3. The van der Waals surface area contributed by atoms with E-state index in [9.17, 15) is 4.79 Å². The second-order valence-electron chi connectivity index (χ2n) is 7.96. The van der Waals surface area contributed by atoms with Gasteiger partial charge in [0.15, 0.2) is 0 Å². The van der Waals surface area contributed by atoms with Crippen molar-refractivity contribution in [3.63, 3.8) is 0 Å². The summed E-state index contributed by atoms with van der Waals surface area (Å²) in [6.07, 6.45) is 0. The van der Waals surface area contributed by atoms with Crippen LogP contribution < -0.4 is 15.0 Å². The van der Waals surface area contributed by atoms with E-state index in [-0.39, 0.29) is 5.91 Å². The number of amides is 1. The number of ether oxygens (including phenoxy) is 1. The van der Waals surface area contributed by atoms with Crippen LogP contribution in [0.4, 0.5) is 11.4 Å². The Balaban J connectivity index is 1.31. The lowest BCUT2D eigenvalue weighted by atomic mass is 10.1. The number of carbonyl (C=O) groups excluding carboxylic acids is 1. The third kappa shape index (κ3) is 5.25. The maximum atomic E-state index is 12.5. The number of nitrogens with zero attached hydrogens (tertiary/aromatic N) is 2. The first kappa shape index (κ1) is 20.9. The summed E-state index contributed by atoms with van der Waals surface area (Å²) in [6, 6.07) is 24.0. The van der Waals surface area contributed by atoms with Gasteiger partial charge in [-0.15, -0.1) is 0 Å². The molecule has 0 atom stereocenters.